The topological polar surface area (TPSA) is 64.3 Å². The number of rotatable bonds is 6. The number of nitrogens with one attached hydrogen (secondary N) is 1. The summed E-state index contributed by atoms with van der Waals surface area (Å²) >= 11 is 0. The number of primary amides is 1. The number of nitrogens with two attached hydrogens (primary N) is 1. The van der Waals surface area contributed by atoms with Crippen molar-refractivity contribution in [1.82, 2.24) is 5.32 Å². The Morgan fingerprint density at radius 3 is 2.47 bits per heavy atom. The van der Waals surface area contributed by atoms with E-state index in [1.807, 2.05) is 6.92 Å². The fourth-order valence-corrected chi connectivity index (χ4v) is 2.33. The second-order valence-corrected chi connectivity index (χ2v) is 5.59. The molecule has 3 N–H and O–H groups in total. The molecule has 0 aliphatic heterocycles. The summed E-state index contributed by atoms with van der Waals surface area (Å²) in [5, 5.41) is 3.09. The van der Waals surface area contributed by atoms with Gasteiger partial charge in [-0.3, -0.25) is 4.79 Å². The second kappa shape index (κ2) is 6.06. The van der Waals surface area contributed by atoms with E-state index < -0.39 is 0 Å². The lowest BCUT2D eigenvalue weighted by molar-refractivity contribution is -0.117. The molecule has 1 amide bonds. The van der Waals surface area contributed by atoms with Crippen LogP contribution >= 0.6 is 0 Å². The first-order valence-electron chi connectivity index (χ1n) is 6.42. The highest BCUT2D eigenvalue weighted by Crippen LogP contribution is 2.31. The number of hydrogen-bond acceptors (Lipinski definition) is 3. The van der Waals surface area contributed by atoms with Gasteiger partial charge in [-0.05, 0) is 36.6 Å². The first-order chi connectivity index (χ1) is 8.77. The summed E-state index contributed by atoms with van der Waals surface area (Å²) in [7, 11) is 1.68. The maximum Gasteiger partial charge on any atom is 0.231 e. The van der Waals surface area contributed by atoms with Gasteiger partial charge in [-0.25, -0.2) is 0 Å². The molecule has 0 radical (unpaired) electrons. The zero-order valence-electron chi connectivity index (χ0n) is 12.5. The van der Waals surface area contributed by atoms with Crippen LogP contribution in [-0.4, -0.2) is 26.1 Å². The van der Waals surface area contributed by atoms with E-state index in [0.717, 1.165) is 11.3 Å². The summed E-state index contributed by atoms with van der Waals surface area (Å²) in [4.78, 5) is 10.8. The van der Waals surface area contributed by atoms with Gasteiger partial charge >= 0.3 is 0 Å². The fourth-order valence-electron chi connectivity index (χ4n) is 2.33. The largest absolute Gasteiger partial charge is 0.496 e. The Kier molecular flexibility index (Phi) is 4.95. The van der Waals surface area contributed by atoms with Crippen molar-refractivity contribution in [2.24, 2.45) is 5.73 Å². The third-order valence-electron chi connectivity index (χ3n) is 3.34. The molecular formula is C15H24N2O2. The van der Waals surface area contributed by atoms with Crippen molar-refractivity contribution in [3.63, 3.8) is 0 Å². The van der Waals surface area contributed by atoms with Gasteiger partial charge in [-0.15, -0.1) is 0 Å². The zero-order chi connectivity index (χ0) is 14.6. The molecule has 0 aromatic heterocycles. The Hall–Kier alpha value is -1.55. The quantitative estimate of drug-likeness (QED) is 0.821. The molecule has 0 heterocycles. The minimum Gasteiger partial charge on any atom is -0.496 e. The first-order valence-corrected chi connectivity index (χ1v) is 6.42. The van der Waals surface area contributed by atoms with E-state index in [2.05, 4.69) is 38.2 Å². The number of amides is 1. The molecule has 4 heteroatoms. The van der Waals surface area contributed by atoms with E-state index in [4.69, 9.17) is 10.5 Å². The fraction of sp³-hybridized carbons (Fsp3) is 0.533. The molecule has 1 aromatic carbocycles. The number of hydrogen-bond donors (Lipinski definition) is 2. The average Bonchev–Trinajstić information content (AvgIpc) is 2.30. The molecule has 4 nitrogen and oxygen atoms in total. The molecule has 0 saturated carbocycles. The Balaban J connectivity index is 2.94. The maximum atomic E-state index is 10.8. The van der Waals surface area contributed by atoms with Crippen LogP contribution in [0.5, 0.6) is 5.75 Å². The molecule has 0 aliphatic rings. The van der Waals surface area contributed by atoms with Crippen LogP contribution in [0.1, 0.15) is 30.5 Å². The van der Waals surface area contributed by atoms with Crippen LogP contribution in [0.15, 0.2) is 12.1 Å². The van der Waals surface area contributed by atoms with Crippen molar-refractivity contribution >= 4 is 5.91 Å². The molecule has 0 bridgehead atoms. The number of carbonyl (C=O) groups excluding carboxylic acids is 1. The minimum absolute atomic E-state index is 0.0729. The van der Waals surface area contributed by atoms with Gasteiger partial charge in [0.25, 0.3) is 0 Å². The van der Waals surface area contributed by atoms with Crippen molar-refractivity contribution in [1.29, 1.82) is 0 Å². The van der Waals surface area contributed by atoms with Crippen molar-refractivity contribution < 1.29 is 9.53 Å². The summed E-state index contributed by atoms with van der Waals surface area (Å²) in [6.45, 7) is 9.31. The molecular weight excluding hydrogens is 240 g/mol. The van der Waals surface area contributed by atoms with Gasteiger partial charge in [0.2, 0.25) is 5.91 Å². The lowest BCUT2D eigenvalue weighted by atomic mass is 9.81. The molecule has 19 heavy (non-hydrogen) atoms. The highest BCUT2D eigenvalue weighted by molar-refractivity contribution is 5.75. The predicted molar refractivity (Wildman–Crippen MR) is 77.6 cm³/mol. The first kappa shape index (κ1) is 15.5. The monoisotopic (exact) mass is 264 g/mol. The van der Waals surface area contributed by atoms with Gasteiger partial charge in [-0.2, -0.15) is 0 Å². The number of aryl methyl sites for hydroxylation is 2. The van der Waals surface area contributed by atoms with E-state index >= 15 is 0 Å². The second-order valence-electron chi connectivity index (χ2n) is 5.59. The SMILES string of the molecule is COc1cc(C)c(C(C)(C)CNCC(N)=O)cc1C. The third kappa shape index (κ3) is 3.96. The van der Waals surface area contributed by atoms with Crippen molar-refractivity contribution in [3.8, 4) is 5.75 Å². The molecule has 1 aromatic rings. The summed E-state index contributed by atoms with van der Waals surface area (Å²) in [6, 6.07) is 4.21. The Morgan fingerprint density at radius 1 is 1.32 bits per heavy atom. The summed E-state index contributed by atoms with van der Waals surface area (Å²) in [5.74, 6) is 0.570. The van der Waals surface area contributed by atoms with Crippen molar-refractivity contribution in [2.45, 2.75) is 33.1 Å². The minimum atomic E-state index is -0.335. The van der Waals surface area contributed by atoms with Gasteiger partial charge in [0, 0.05) is 12.0 Å². The lowest BCUT2D eigenvalue weighted by Gasteiger charge is -2.28. The van der Waals surface area contributed by atoms with E-state index in [0.29, 0.717) is 6.54 Å². The smallest absolute Gasteiger partial charge is 0.231 e. The van der Waals surface area contributed by atoms with E-state index in [-0.39, 0.29) is 17.9 Å². The molecule has 0 unspecified atom stereocenters. The van der Waals surface area contributed by atoms with Crippen LogP contribution in [0.2, 0.25) is 0 Å². The number of benzene rings is 1. The molecule has 0 spiro atoms. The summed E-state index contributed by atoms with van der Waals surface area (Å²) in [5.41, 5.74) is 8.62. The van der Waals surface area contributed by atoms with Crippen LogP contribution in [-0.2, 0) is 10.2 Å². The van der Waals surface area contributed by atoms with Gasteiger partial charge in [-0.1, -0.05) is 19.9 Å². The zero-order valence-corrected chi connectivity index (χ0v) is 12.5. The predicted octanol–water partition coefficient (Wildman–Crippen LogP) is 1.66. The van der Waals surface area contributed by atoms with Gasteiger partial charge in [0.15, 0.2) is 0 Å². The van der Waals surface area contributed by atoms with Gasteiger partial charge in [0.05, 0.1) is 13.7 Å². The molecule has 0 saturated heterocycles. The highest BCUT2D eigenvalue weighted by atomic mass is 16.5. The highest BCUT2D eigenvalue weighted by Gasteiger charge is 2.23. The Bertz CT molecular complexity index is 467. The van der Waals surface area contributed by atoms with Crippen LogP contribution < -0.4 is 15.8 Å². The van der Waals surface area contributed by atoms with Crippen molar-refractivity contribution in [2.75, 3.05) is 20.2 Å². The van der Waals surface area contributed by atoms with Gasteiger partial charge < -0.3 is 15.8 Å². The number of carbonyl (C=O) groups is 1. The van der Waals surface area contributed by atoms with Crippen molar-refractivity contribution in [3.05, 3.63) is 28.8 Å². The summed E-state index contributed by atoms with van der Waals surface area (Å²) < 4.78 is 5.33. The Labute approximate surface area is 115 Å². The average molecular weight is 264 g/mol. The van der Waals surface area contributed by atoms with Gasteiger partial charge in [0.1, 0.15) is 5.75 Å². The van der Waals surface area contributed by atoms with E-state index in [1.165, 1.54) is 11.1 Å². The number of ether oxygens (including phenoxy) is 1. The van der Waals surface area contributed by atoms with Crippen LogP contribution in [0.3, 0.4) is 0 Å². The molecule has 1 rings (SSSR count). The van der Waals surface area contributed by atoms with E-state index in [9.17, 15) is 4.79 Å². The molecule has 0 atom stereocenters. The lowest BCUT2D eigenvalue weighted by Crippen LogP contribution is -2.38. The normalized spacial score (nSPS) is 11.4. The van der Waals surface area contributed by atoms with Crippen LogP contribution in [0, 0.1) is 13.8 Å². The molecule has 0 fully saturated rings. The van der Waals surface area contributed by atoms with E-state index in [1.54, 1.807) is 7.11 Å². The van der Waals surface area contributed by atoms with Crippen LogP contribution in [0.25, 0.3) is 0 Å². The standard InChI is InChI=1S/C15H24N2O2/c1-10-7-13(19-5)11(2)6-12(10)15(3,4)9-17-8-14(16)18/h6-7,17H,8-9H2,1-5H3,(H2,16,18). The summed E-state index contributed by atoms with van der Waals surface area (Å²) in [6.07, 6.45) is 0. The molecule has 106 valence electrons. The Morgan fingerprint density at radius 2 is 1.95 bits per heavy atom. The number of methoxy groups -OCH3 is 1. The van der Waals surface area contributed by atoms with Crippen LogP contribution in [0.4, 0.5) is 0 Å². The third-order valence-corrected chi connectivity index (χ3v) is 3.34. The molecule has 0 aliphatic carbocycles. The maximum absolute atomic E-state index is 10.8.